The molecule has 3 aromatic rings. The van der Waals surface area contributed by atoms with E-state index >= 15 is 0 Å². The number of nitrogens with one attached hydrogen (secondary N) is 2. The predicted octanol–water partition coefficient (Wildman–Crippen LogP) is 6.95. The number of nitrogens with zero attached hydrogens (tertiary/aromatic N) is 2. The Labute approximate surface area is 191 Å². The molecular formula is C24H27F3N4O2. The summed E-state index contributed by atoms with van der Waals surface area (Å²) in [6, 6.07) is 13.7. The molecule has 0 aliphatic rings. The van der Waals surface area contributed by atoms with Gasteiger partial charge < -0.3 is 20.1 Å². The van der Waals surface area contributed by atoms with Gasteiger partial charge >= 0.3 is 6.18 Å². The molecule has 0 radical (unpaired) electrons. The van der Waals surface area contributed by atoms with Crippen molar-refractivity contribution < 1.29 is 22.6 Å². The minimum Gasteiger partial charge on any atom is -0.494 e. The van der Waals surface area contributed by atoms with Crippen LogP contribution in [0.4, 0.5) is 36.3 Å². The Morgan fingerprint density at radius 1 is 0.909 bits per heavy atom. The number of hydrogen-bond donors (Lipinski definition) is 2. The third-order valence-electron chi connectivity index (χ3n) is 4.20. The van der Waals surface area contributed by atoms with Crippen molar-refractivity contribution in [2.75, 3.05) is 17.2 Å². The van der Waals surface area contributed by atoms with Crippen LogP contribution in [0.1, 0.15) is 39.7 Å². The molecule has 0 fully saturated rings. The summed E-state index contributed by atoms with van der Waals surface area (Å²) in [5.41, 5.74) is -0.397. The zero-order chi connectivity index (χ0) is 24.1. The average molecular weight is 461 g/mol. The number of hydrogen-bond acceptors (Lipinski definition) is 6. The van der Waals surface area contributed by atoms with Crippen LogP contribution >= 0.6 is 0 Å². The largest absolute Gasteiger partial charge is 0.494 e. The second-order valence-electron chi connectivity index (χ2n) is 8.32. The molecule has 2 aromatic carbocycles. The molecule has 2 N–H and O–H groups in total. The van der Waals surface area contributed by atoms with Crippen molar-refractivity contribution in [3.63, 3.8) is 0 Å². The summed E-state index contributed by atoms with van der Waals surface area (Å²) in [7, 11) is 0. The summed E-state index contributed by atoms with van der Waals surface area (Å²) in [6.45, 7) is 8.28. The van der Waals surface area contributed by atoms with Crippen LogP contribution in [-0.2, 0) is 6.18 Å². The van der Waals surface area contributed by atoms with Crippen molar-refractivity contribution >= 4 is 23.1 Å². The minimum absolute atomic E-state index is 0.0230. The Morgan fingerprint density at radius 3 is 2.27 bits per heavy atom. The summed E-state index contributed by atoms with van der Waals surface area (Å²) >= 11 is 0. The number of ether oxygens (including phenoxy) is 2. The van der Waals surface area contributed by atoms with E-state index in [4.69, 9.17) is 9.47 Å². The highest BCUT2D eigenvalue weighted by atomic mass is 19.4. The first kappa shape index (κ1) is 24.2. The standard InChI is InChI=1S/C24H27F3N4O2/c1-5-13-32-18-11-9-16(10-12-18)30-22-28-15-20(24(25,26)27)21(31-22)29-17-7-6-8-19(14-17)33-23(2,3)4/h6-12,14-15H,5,13H2,1-4H3,(H2,28,29,30,31). The van der Waals surface area contributed by atoms with E-state index in [-0.39, 0.29) is 11.8 Å². The minimum atomic E-state index is -4.63. The summed E-state index contributed by atoms with van der Waals surface area (Å²) in [5, 5.41) is 5.68. The van der Waals surface area contributed by atoms with E-state index in [1.807, 2.05) is 27.7 Å². The van der Waals surface area contributed by atoms with Crippen molar-refractivity contribution in [3.05, 3.63) is 60.3 Å². The third-order valence-corrected chi connectivity index (χ3v) is 4.20. The van der Waals surface area contributed by atoms with Gasteiger partial charge in [0.2, 0.25) is 5.95 Å². The predicted molar refractivity (Wildman–Crippen MR) is 123 cm³/mol. The van der Waals surface area contributed by atoms with E-state index in [2.05, 4.69) is 20.6 Å². The van der Waals surface area contributed by atoms with Gasteiger partial charge in [-0.25, -0.2) is 4.98 Å². The fourth-order valence-corrected chi connectivity index (χ4v) is 2.86. The molecule has 9 heteroatoms. The first-order valence-electron chi connectivity index (χ1n) is 10.5. The molecule has 6 nitrogen and oxygen atoms in total. The monoisotopic (exact) mass is 460 g/mol. The second kappa shape index (κ2) is 9.97. The third kappa shape index (κ3) is 7.27. The molecule has 0 saturated heterocycles. The molecule has 1 aromatic heterocycles. The van der Waals surface area contributed by atoms with Crippen LogP contribution in [0.5, 0.6) is 11.5 Å². The van der Waals surface area contributed by atoms with Crippen molar-refractivity contribution in [2.45, 2.75) is 45.9 Å². The van der Waals surface area contributed by atoms with Crippen LogP contribution in [0.2, 0.25) is 0 Å². The Kier molecular flexibility index (Phi) is 7.30. The van der Waals surface area contributed by atoms with Gasteiger partial charge in [-0.2, -0.15) is 18.2 Å². The maximum absolute atomic E-state index is 13.6. The van der Waals surface area contributed by atoms with Crippen LogP contribution < -0.4 is 20.1 Å². The van der Waals surface area contributed by atoms with Crippen molar-refractivity contribution in [3.8, 4) is 11.5 Å². The maximum atomic E-state index is 13.6. The zero-order valence-electron chi connectivity index (χ0n) is 19.0. The lowest BCUT2D eigenvalue weighted by Gasteiger charge is -2.22. The van der Waals surface area contributed by atoms with Crippen molar-refractivity contribution in [2.24, 2.45) is 0 Å². The molecule has 0 unspecified atom stereocenters. The summed E-state index contributed by atoms with van der Waals surface area (Å²) in [6.07, 6.45) is -2.98. The van der Waals surface area contributed by atoms with Crippen LogP contribution in [-0.4, -0.2) is 22.2 Å². The first-order valence-corrected chi connectivity index (χ1v) is 10.5. The van der Waals surface area contributed by atoms with Crippen LogP contribution in [0, 0.1) is 0 Å². The highest BCUT2D eigenvalue weighted by molar-refractivity contribution is 5.64. The van der Waals surface area contributed by atoms with Gasteiger partial charge in [0.05, 0.1) is 6.61 Å². The van der Waals surface area contributed by atoms with Gasteiger partial charge in [-0.3, -0.25) is 0 Å². The summed E-state index contributed by atoms with van der Waals surface area (Å²) in [5.74, 6) is 0.889. The number of halogens is 3. The van der Waals surface area contributed by atoms with Gasteiger partial charge in [0.1, 0.15) is 28.5 Å². The van der Waals surface area contributed by atoms with E-state index in [1.54, 1.807) is 48.5 Å². The number of aromatic nitrogens is 2. The zero-order valence-corrected chi connectivity index (χ0v) is 19.0. The first-order chi connectivity index (χ1) is 15.5. The van der Waals surface area contributed by atoms with Gasteiger partial charge in [-0.1, -0.05) is 13.0 Å². The average Bonchev–Trinajstić information content (AvgIpc) is 2.71. The number of benzene rings is 2. The SMILES string of the molecule is CCCOc1ccc(Nc2ncc(C(F)(F)F)c(Nc3cccc(OC(C)(C)C)c3)n2)cc1. The smallest absolute Gasteiger partial charge is 0.421 e. The summed E-state index contributed by atoms with van der Waals surface area (Å²) < 4.78 is 52.1. The molecule has 0 aliphatic heterocycles. The molecule has 0 saturated carbocycles. The van der Waals surface area contributed by atoms with Gasteiger partial charge in [0, 0.05) is 23.6 Å². The Balaban J connectivity index is 1.84. The maximum Gasteiger partial charge on any atom is 0.421 e. The van der Waals surface area contributed by atoms with E-state index in [0.29, 0.717) is 29.5 Å². The van der Waals surface area contributed by atoms with E-state index in [0.717, 1.165) is 12.6 Å². The van der Waals surface area contributed by atoms with Gasteiger partial charge in [0.15, 0.2) is 0 Å². The van der Waals surface area contributed by atoms with E-state index in [1.165, 1.54) is 0 Å². The van der Waals surface area contributed by atoms with Crippen LogP contribution in [0.15, 0.2) is 54.7 Å². The quantitative estimate of drug-likeness (QED) is 0.379. The number of anilines is 4. The fraction of sp³-hybridized carbons (Fsp3) is 0.333. The lowest BCUT2D eigenvalue weighted by atomic mass is 10.2. The molecule has 0 aliphatic carbocycles. The second-order valence-corrected chi connectivity index (χ2v) is 8.32. The van der Waals surface area contributed by atoms with Crippen molar-refractivity contribution in [1.82, 2.24) is 9.97 Å². The molecule has 0 amide bonds. The molecule has 3 rings (SSSR count). The van der Waals surface area contributed by atoms with Gasteiger partial charge in [-0.05, 0) is 63.6 Å². The molecule has 33 heavy (non-hydrogen) atoms. The Hall–Kier alpha value is -3.49. The molecule has 0 bridgehead atoms. The molecule has 0 atom stereocenters. The van der Waals surface area contributed by atoms with Crippen LogP contribution in [0.3, 0.4) is 0 Å². The topological polar surface area (TPSA) is 68.3 Å². The van der Waals surface area contributed by atoms with E-state index in [9.17, 15) is 13.2 Å². The molecule has 1 heterocycles. The normalized spacial score (nSPS) is 11.7. The van der Waals surface area contributed by atoms with Gasteiger partial charge in [0.25, 0.3) is 0 Å². The van der Waals surface area contributed by atoms with Crippen molar-refractivity contribution in [1.29, 1.82) is 0 Å². The molecule has 176 valence electrons. The van der Waals surface area contributed by atoms with E-state index < -0.39 is 17.3 Å². The number of rotatable bonds is 8. The Morgan fingerprint density at radius 2 is 1.64 bits per heavy atom. The molecule has 0 spiro atoms. The highest BCUT2D eigenvalue weighted by Crippen LogP contribution is 2.36. The highest BCUT2D eigenvalue weighted by Gasteiger charge is 2.35. The summed E-state index contributed by atoms with van der Waals surface area (Å²) in [4.78, 5) is 7.92. The molecular weight excluding hydrogens is 433 g/mol. The lowest BCUT2D eigenvalue weighted by Crippen LogP contribution is -2.22. The van der Waals surface area contributed by atoms with Gasteiger partial charge in [-0.15, -0.1) is 0 Å². The fourth-order valence-electron chi connectivity index (χ4n) is 2.86. The number of alkyl halides is 3. The Bertz CT molecular complexity index is 1060. The lowest BCUT2D eigenvalue weighted by molar-refractivity contribution is -0.137. The van der Waals surface area contributed by atoms with Crippen LogP contribution in [0.25, 0.3) is 0 Å².